The second kappa shape index (κ2) is 12.5. The third kappa shape index (κ3) is 5.98. The van der Waals surface area contributed by atoms with Crippen LogP contribution in [0.25, 0.3) is 17.4 Å². The minimum absolute atomic E-state index is 0.118. The van der Waals surface area contributed by atoms with Gasteiger partial charge < -0.3 is 18.6 Å². The number of allylic oxidation sites excluding steroid dienone is 1. The number of alkyl halides is 3. The van der Waals surface area contributed by atoms with Crippen LogP contribution in [0.2, 0.25) is 0 Å². The molecule has 0 saturated heterocycles. The number of halogens is 4. The number of hydrogen-bond acceptors (Lipinski definition) is 8. The van der Waals surface area contributed by atoms with Crippen molar-refractivity contribution in [2.45, 2.75) is 33.0 Å². The van der Waals surface area contributed by atoms with E-state index in [4.69, 9.17) is 18.6 Å². The molecule has 0 bridgehead atoms. The van der Waals surface area contributed by atoms with Crippen LogP contribution in [-0.4, -0.2) is 30.9 Å². The number of aromatic nitrogens is 1. The van der Waals surface area contributed by atoms with Crippen molar-refractivity contribution < 1.29 is 36.6 Å². The highest BCUT2D eigenvalue weighted by atomic mass is 79.9. The summed E-state index contributed by atoms with van der Waals surface area (Å²) < 4.78 is 64.3. The van der Waals surface area contributed by atoms with E-state index in [0.717, 1.165) is 23.5 Å². The number of methoxy groups -OCH3 is 1. The smallest absolute Gasteiger partial charge is 0.416 e. The van der Waals surface area contributed by atoms with Gasteiger partial charge in [-0.1, -0.05) is 39.4 Å². The zero-order chi connectivity index (χ0) is 31.8. The molecule has 4 aromatic rings. The summed E-state index contributed by atoms with van der Waals surface area (Å²) in [5, 5.41) is 0. The molecule has 13 heteroatoms. The zero-order valence-electron chi connectivity index (χ0n) is 24.0. The number of carbonyl (C=O) groups excluding carboxylic acids is 1. The minimum atomic E-state index is -4.50. The van der Waals surface area contributed by atoms with Gasteiger partial charge in [-0.15, -0.1) is 0 Å². The monoisotopic (exact) mass is 690 g/mol. The number of carbonyl (C=O) groups is 1. The van der Waals surface area contributed by atoms with Crippen molar-refractivity contribution in [2.75, 3.05) is 20.3 Å². The first-order chi connectivity index (χ1) is 21.0. The van der Waals surface area contributed by atoms with Crippen LogP contribution in [0.1, 0.15) is 43.7 Å². The van der Waals surface area contributed by atoms with Crippen molar-refractivity contribution >= 4 is 39.3 Å². The maximum absolute atomic E-state index is 14.0. The van der Waals surface area contributed by atoms with Gasteiger partial charge in [0.25, 0.3) is 5.56 Å². The van der Waals surface area contributed by atoms with Crippen LogP contribution in [0, 0.1) is 0 Å². The number of benzene rings is 2. The lowest BCUT2D eigenvalue weighted by molar-refractivity contribution is -0.139. The molecule has 0 radical (unpaired) electrons. The molecule has 0 N–H and O–H groups in total. The Morgan fingerprint density at radius 1 is 1.14 bits per heavy atom. The van der Waals surface area contributed by atoms with Gasteiger partial charge in [0, 0.05) is 16.1 Å². The minimum Gasteiger partial charge on any atom is -0.493 e. The van der Waals surface area contributed by atoms with Crippen LogP contribution in [0.3, 0.4) is 0 Å². The van der Waals surface area contributed by atoms with Crippen molar-refractivity contribution in [3.63, 3.8) is 0 Å². The lowest BCUT2D eigenvalue weighted by atomic mass is 9.95. The molecule has 230 valence electrons. The Labute approximate surface area is 261 Å². The highest BCUT2D eigenvalue weighted by molar-refractivity contribution is 9.10. The molecule has 0 unspecified atom stereocenters. The number of furan rings is 1. The Bertz CT molecular complexity index is 1960. The van der Waals surface area contributed by atoms with Crippen molar-refractivity contribution in [1.82, 2.24) is 4.57 Å². The van der Waals surface area contributed by atoms with E-state index in [1.54, 1.807) is 32.0 Å². The van der Waals surface area contributed by atoms with Gasteiger partial charge in [0.1, 0.15) is 11.5 Å². The summed E-state index contributed by atoms with van der Waals surface area (Å²) in [5.74, 6) is 0.724. The summed E-state index contributed by atoms with van der Waals surface area (Å²) in [4.78, 5) is 32.1. The van der Waals surface area contributed by atoms with Crippen LogP contribution in [0.4, 0.5) is 13.2 Å². The first-order valence-electron chi connectivity index (χ1n) is 13.4. The second-order valence-electron chi connectivity index (χ2n) is 9.54. The average Bonchev–Trinajstić information content (AvgIpc) is 3.56. The Hall–Kier alpha value is -4.10. The summed E-state index contributed by atoms with van der Waals surface area (Å²) in [6.45, 7) is 5.71. The molecule has 3 heterocycles. The molecule has 1 aliphatic rings. The topological polar surface area (TPSA) is 92.3 Å². The first-order valence-corrected chi connectivity index (χ1v) is 15.0. The molecule has 8 nitrogen and oxygen atoms in total. The average molecular weight is 692 g/mol. The van der Waals surface area contributed by atoms with E-state index in [9.17, 15) is 22.8 Å². The molecule has 1 atom stereocenters. The van der Waals surface area contributed by atoms with Crippen LogP contribution >= 0.6 is 27.3 Å². The quantitative estimate of drug-likeness (QED) is 0.203. The van der Waals surface area contributed by atoms with E-state index in [2.05, 4.69) is 20.9 Å². The van der Waals surface area contributed by atoms with Crippen molar-refractivity contribution in [1.29, 1.82) is 0 Å². The fourth-order valence-corrected chi connectivity index (χ4v) is 6.40. The molecule has 2 aromatic carbocycles. The van der Waals surface area contributed by atoms with Crippen LogP contribution in [0.15, 0.2) is 78.5 Å². The number of esters is 1. The standard InChI is InChI=1S/C31H26BrF3N2O6S/c1-5-41-24-15-21(32)20(14-23(24)40-4)27-26(29(39)42-6-2)16(3)36-30-37(27)28(38)25(44-30)13-19-10-11-22(43-19)17-8-7-9-18(12-17)31(33,34)35/h7-15,27H,5-6H2,1-4H3/b25-13+/t27-/m1/s1. The molecule has 0 saturated carbocycles. The van der Waals surface area contributed by atoms with E-state index < -0.39 is 29.3 Å². The van der Waals surface area contributed by atoms with Crippen molar-refractivity contribution in [3.8, 4) is 22.8 Å². The number of ether oxygens (including phenoxy) is 3. The predicted octanol–water partition coefficient (Wildman–Crippen LogP) is 6.25. The highest BCUT2D eigenvalue weighted by Gasteiger charge is 2.35. The number of thiazole rings is 1. The van der Waals surface area contributed by atoms with Gasteiger partial charge in [-0.25, -0.2) is 9.79 Å². The Morgan fingerprint density at radius 2 is 1.91 bits per heavy atom. The molecule has 0 fully saturated rings. The molecule has 5 rings (SSSR count). The largest absolute Gasteiger partial charge is 0.493 e. The molecule has 0 amide bonds. The Balaban J connectivity index is 1.65. The summed E-state index contributed by atoms with van der Waals surface area (Å²) in [7, 11) is 1.49. The Kier molecular flexibility index (Phi) is 8.89. The van der Waals surface area contributed by atoms with Gasteiger partial charge >= 0.3 is 12.1 Å². The van der Waals surface area contributed by atoms with Gasteiger partial charge in [-0.3, -0.25) is 9.36 Å². The molecular weight excluding hydrogens is 665 g/mol. The molecule has 44 heavy (non-hydrogen) atoms. The molecule has 0 aliphatic carbocycles. The van der Waals surface area contributed by atoms with Gasteiger partial charge in [0.05, 0.1) is 47.7 Å². The van der Waals surface area contributed by atoms with Gasteiger partial charge in [-0.2, -0.15) is 13.2 Å². The van der Waals surface area contributed by atoms with Gasteiger partial charge in [0.15, 0.2) is 16.3 Å². The van der Waals surface area contributed by atoms with E-state index in [1.165, 1.54) is 36.0 Å². The fourth-order valence-electron chi connectivity index (χ4n) is 4.84. The second-order valence-corrected chi connectivity index (χ2v) is 11.4. The predicted molar refractivity (Wildman–Crippen MR) is 161 cm³/mol. The van der Waals surface area contributed by atoms with Crippen LogP contribution in [-0.2, 0) is 15.7 Å². The number of rotatable bonds is 8. The van der Waals surface area contributed by atoms with Gasteiger partial charge in [-0.05, 0) is 62.7 Å². The SMILES string of the molecule is CCOC(=O)C1=C(C)N=c2s/c(=C/c3ccc(-c4cccc(C(F)(F)F)c4)o3)c(=O)n2[C@@H]1c1cc(OC)c(OCC)cc1Br. The van der Waals surface area contributed by atoms with Crippen molar-refractivity contribution in [3.05, 3.63) is 101 Å². The Morgan fingerprint density at radius 3 is 2.59 bits per heavy atom. The maximum atomic E-state index is 14.0. The van der Waals surface area contributed by atoms with E-state index in [-0.39, 0.29) is 33.8 Å². The third-order valence-corrected chi connectivity index (χ3v) is 8.44. The molecule has 1 aliphatic heterocycles. The fraction of sp³-hybridized carbons (Fsp3) is 0.258. The van der Waals surface area contributed by atoms with Gasteiger partial charge in [0.2, 0.25) is 0 Å². The summed E-state index contributed by atoms with van der Waals surface area (Å²) in [6.07, 6.45) is -3.01. The third-order valence-electron chi connectivity index (χ3n) is 6.77. The van der Waals surface area contributed by atoms with E-state index >= 15 is 0 Å². The van der Waals surface area contributed by atoms with Crippen LogP contribution in [0.5, 0.6) is 11.5 Å². The summed E-state index contributed by atoms with van der Waals surface area (Å²) in [5.41, 5.74) is 0.0920. The first kappa shape index (κ1) is 31.3. The number of nitrogens with zero attached hydrogens (tertiary/aromatic N) is 2. The maximum Gasteiger partial charge on any atom is 0.416 e. The summed E-state index contributed by atoms with van der Waals surface area (Å²) >= 11 is 4.67. The lowest BCUT2D eigenvalue weighted by Gasteiger charge is -2.26. The molecule has 0 spiro atoms. The van der Waals surface area contributed by atoms with E-state index in [0.29, 0.717) is 38.6 Å². The highest BCUT2D eigenvalue weighted by Crippen LogP contribution is 2.41. The number of hydrogen-bond donors (Lipinski definition) is 0. The lowest BCUT2D eigenvalue weighted by Crippen LogP contribution is -2.40. The van der Waals surface area contributed by atoms with Crippen LogP contribution < -0.4 is 24.4 Å². The van der Waals surface area contributed by atoms with Crippen molar-refractivity contribution in [2.24, 2.45) is 4.99 Å². The number of fused-ring (bicyclic) bond motifs is 1. The normalized spacial score (nSPS) is 15.2. The molecular formula is C31H26BrF3N2O6S. The van der Waals surface area contributed by atoms with E-state index in [1.807, 2.05) is 6.92 Å². The molecule has 2 aromatic heterocycles. The zero-order valence-corrected chi connectivity index (χ0v) is 26.4. The summed E-state index contributed by atoms with van der Waals surface area (Å²) in [6, 6.07) is 10.4.